The van der Waals surface area contributed by atoms with Gasteiger partial charge >= 0.3 is 0 Å². The molecule has 4 rings (SSSR count). The maximum Gasteiger partial charge on any atom is 0.289 e. The Bertz CT molecular complexity index is 747. The number of furan rings is 1. The molecule has 2 aliphatic rings. The zero-order valence-electron chi connectivity index (χ0n) is 16.0. The molecule has 6 heteroatoms. The predicted molar refractivity (Wildman–Crippen MR) is 105 cm³/mol. The van der Waals surface area contributed by atoms with Crippen molar-refractivity contribution in [3.8, 4) is 0 Å². The Kier molecular flexibility index (Phi) is 5.43. The number of hydrogen-bond donors (Lipinski definition) is 0. The van der Waals surface area contributed by atoms with E-state index in [1.54, 1.807) is 12.4 Å². The molecular formula is C21H28N4O2. The van der Waals surface area contributed by atoms with Gasteiger partial charge < -0.3 is 14.2 Å². The van der Waals surface area contributed by atoms with Crippen LogP contribution in [0, 0.1) is 0 Å². The van der Waals surface area contributed by atoms with Crippen LogP contribution < -0.4 is 4.90 Å². The molecule has 1 unspecified atom stereocenters. The SMILES string of the molecule is CC(c1ccc(C(=O)N2CCN(c3ccncc3)CC2)o1)N1CCCCC1. The second-order valence-electron chi connectivity index (χ2n) is 7.46. The molecule has 0 N–H and O–H groups in total. The third-order valence-electron chi connectivity index (χ3n) is 5.78. The number of amides is 1. The number of anilines is 1. The first-order chi connectivity index (χ1) is 13.2. The molecule has 1 amide bonds. The summed E-state index contributed by atoms with van der Waals surface area (Å²) in [5.74, 6) is 1.36. The summed E-state index contributed by atoms with van der Waals surface area (Å²) < 4.78 is 5.97. The van der Waals surface area contributed by atoms with E-state index in [0.717, 1.165) is 37.6 Å². The van der Waals surface area contributed by atoms with Crippen LogP contribution in [0.2, 0.25) is 0 Å². The van der Waals surface area contributed by atoms with Crippen molar-refractivity contribution in [3.63, 3.8) is 0 Å². The van der Waals surface area contributed by atoms with E-state index in [4.69, 9.17) is 4.42 Å². The Labute approximate surface area is 160 Å². The summed E-state index contributed by atoms with van der Waals surface area (Å²) in [7, 11) is 0. The molecule has 0 aromatic carbocycles. The van der Waals surface area contributed by atoms with Crippen LogP contribution in [0.3, 0.4) is 0 Å². The van der Waals surface area contributed by atoms with Crippen molar-refractivity contribution in [2.24, 2.45) is 0 Å². The summed E-state index contributed by atoms with van der Waals surface area (Å²) in [6, 6.07) is 8.07. The molecule has 2 aromatic heterocycles. The smallest absolute Gasteiger partial charge is 0.289 e. The van der Waals surface area contributed by atoms with Gasteiger partial charge in [-0.15, -0.1) is 0 Å². The van der Waals surface area contributed by atoms with Crippen LogP contribution in [0.5, 0.6) is 0 Å². The van der Waals surface area contributed by atoms with Gasteiger partial charge in [0.1, 0.15) is 5.76 Å². The van der Waals surface area contributed by atoms with E-state index in [1.165, 1.54) is 19.3 Å². The molecule has 2 aliphatic heterocycles. The Morgan fingerprint density at radius 2 is 1.67 bits per heavy atom. The third kappa shape index (κ3) is 4.00. The molecule has 144 valence electrons. The fourth-order valence-electron chi connectivity index (χ4n) is 4.06. The molecule has 6 nitrogen and oxygen atoms in total. The zero-order chi connectivity index (χ0) is 18.6. The number of piperazine rings is 1. The monoisotopic (exact) mass is 368 g/mol. The first kappa shape index (κ1) is 18.0. The topological polar surface area (TPSA) is 52.8 Å². The lowest BCUT2D eigenvalue weighted by molar-refractivity contribution is 0.0707. The molecule has 2 fully saturated rings. The summed E-state index contributed by atoms with van der Waals surface area (Å²) in [4.78, 5) is 23.5. The van der Waals surface area contributed by atoms with Crippen molar-refractivity contribution in [3.05, 3.63) is 48.2 Å². The van der Waals surface area contributed by atoms with E-state index in [0.29, 0.717) is 18.8 Å². The Hall–Kier alpha value is -2.34. The number of piperidine rings is 1. The standard InChI is InChI=1S/C21H28N4O2/c1-17(23-11-3-2-4-12-23)19-5-6-20(27-19)21(26)25-15-13-24(14-16-25)18-7-9-22-10-8-18/h5-10,17H,2-4,11-16H2,1H3. The minimum atomic E-state index is 0.00136. The molecule has 2 aromatic rings. The van der Waals surface area contributed by atoms with Crippen LogP contribution in [0.25, 0.3) is 0 Å². The van der Waals surface area contributed by atoms with Gasteiger partial charge in [0.2, 0.25) is 0 Å². The highest BCUT2D eigenvalue weighted by Gasteiger charge is 2.26. The number of carbonyl (C=O) groups is 1. The van der Waals surface area contributed by atoms with Crippen molar-refractivity contribution in [2.75, 3.05) is 44.2 Å². The number of aromatic nitrogens is 1. The third-order valence-corrected chi connectivity index (χ3v) is 5.78. The van der Waals surface area contributed by atoms with Gasteiger partial charge in [-0.1, -0.05) is 6.42 Å². The number of likely N-dealkylation sites (tertiary alicyclic amines) is 1. The molecular weight excluding hydrogens is 340 g/mol. The van der Waals surface area contributed by atoms with Crippen molar-refractivity contribution < 1.29 is 9.21 Å². The van der Waals surface area contributed by atoms with Crippen LogP contribution in [-0.4, -0.2) is 60.0 Å². The molecule has 4 heterocycles. The van der Waals surface area contributed by atoms with Crippen molar-refractivity contribution in [2.45, 2.75) is 32.2 Å². The van der Waals surface area contributed by atoms with Gasteiger partial charge in [-0.25, -0.2) is 0 Å². The van der Waals surface area contributed by atoms with E-state index in [9.17, 15) is 4.79 Å². The van der Waals surface area contributed by atoms with Crippen molar-refractivity contribution in [1.29, 1.82) is 0 Å². The fourth-order valence-corrected chi connectivity index (χ4v) is 4.06. The largest absolute Gasteiger partial charge is 0.454 e. The summed E-state index contributed by atoms with van der Waals surface area (Å²) in [6.07, 6.45) is 7.43. The van der Waals surface area contributed by atoms with Gasteiger partial charge in [0.15, 0.2) is 5.76 Å². The van der Waals surface area contributed by atoms with Gasteiger partial charge in [-0.3, -0.25) is 14.7 Å². The van der Waals surface area contributed by atoms with Crippen molar-refractivity contribution >= 4 is 11.6 Å². The molecule has 0 bridgehead atoms. The first-order valence-corrected chi connectivity index (χ1v) is 10.0. The number of pyridine rings is 1. The lowest BCUT2D eigenvalue weighted by Crippen LogP contribution is -2.48. The fraction of sp³-hybridized carbons (Fsp3) is 0.524. The summed E-state index contributed by atoms with van der Waals surface area (Å²) in [6.45, 7) is 7.47. The molecule has 0 radical (unpaired) electrons. The highest BCUT2D eigenvalue weighted by atomic mass is 16.4. The zero-order valence-corrected chi connectivity index (χ0v) is 16.0. The lowest BCUT2D eigenvalue weighted by atomic mass is 10.1. The van der Waals surface area contributed by atoms with E-state index in [1.807, 2.05) is 29.2 Å². The summed E-state index contributed by atoms with van der Waals surface area (Å²) in [5.41, 5.74) is 1.16. The first-order valence-electron chi connectivity index (χ1n) is 10.0. The predicted octanol–water partition coefficient (Wildman–Crippen LogP) is 3.18. The molecule has 0 saturated carbocycles. The minimum Gasteiger partial charge on any atom is -0.454 e. The molecule has 0 aliphatic carbocycles. The highest BCUT2D eigenvalue weighted by Crippen LogP contribution is 2.26. The van der Waals surface area contributed by atoms with E-state index in [-0.39, 0.29) is 11.9 Å². The Morgan fingerprint density at radius 3 is 2.37 bits per heavy atom. The molecule has 2 saturated heterocycles. The van der Waals surface area contributed by atoms with Crippen LogP contribution in [0.15, 0.2) is 41.1 Å². The van der Waals surface area contributed by atoms with Gasteiger partial charge in [-0.05, 0) is 57.1 Å². The van der Waals surface area contributed by atoms with Gasteiger partial charge in [0, 0.05) is 44.3 Å². The summed E-state index contributed by atoms with van der Waals surface area (Å²) in [5, 5.41) is 0. The maximum absolute atomic E-state index is 12.8. The number of hydrogen-bond acceptors (Lipinski definition) is 5. The number of rotatable bonds is 4. The maximum atomic E-state index is 12.8. The normalized spacial score (nSPS) is 19.9. The second-order valence-corrected chi connectivity index (χ2v) is 7.46. The van der Waals surface area contributed by atoms with E-state index in [2.05, 4.69) is 21.7 Å². The van der Waals surface area contributed by atoms with E-state index >= 15 is 0 Å². The quantitative estimate of drug-likeness (QED) is 0.830. The van der Waals surface area contributed by atoms with Gasteiger partial charge in [-0.2, -0.15) is 0 Å². The van der Waals surface area contributed by atoms with E-state index < -0.39 is 0 Å². The number of nitrogens with zero attached hydrogens (tertiary/aromatic N) is 4. The average molecular weight is 368 g/mol. The summed E-state index contributed by atoms with van der Waals surface area (Å²) >= 11 is 0. The van der Waals surface area contributed by atoms with Gasteiger partial charge in [0.05, 0.1) is 6.04 Å². The van der Waals surface area contributed by atoms with Gasteiger partial charge in [0.25, 0.3) is 5.91 Å². The Balaban J connectivity index is 1.36. The Morgan fingerprint density at radius 1 is 0.963 bits per heavy atom. The highest BCUT2D eigenvalue weighted by molar-refractivity contribution is 5.91. The van der Waals surface area contributed by atoms with Crippen LogP contribution >= 0.6 is 0 Å². The average Bonchev–Trinajstić information content (AvgIpc) is 3.24. The second kappa shape index (κ2) is 8.13. The minimum absolute atomic E-state index is 0.00136. The van der Waals surface area contributed by atoms with Crippen LogP contribution in [0.1, 0.15) is 48.5 Å². The molecule has 0 spiro atoms. The van der Waals surface area contributed by atoms with Crippen LogP contribution in [-0.2, 0) is 0 Å². The molecule has 1 atom stereocenters. The lowest BCUT2D eigenvalue weighted by Gasteiger charge is -2.35. The van der Waals surface area contributed by atoms with Crippen molar-refractivity contribution in [1.82, 2.24) is 14.8 Å². The number of carbonyl (C=O) groups excluding carboxylic acids is 1. The van der Waals surface area contributed by atoms with Crippen LogP contribution in [0.4, 0.5) is 5.69 Å². The molecule has 27 heavy (non-hydrogen) atoms.